The zero-order chi connectivity index (χ0) is 18.1. The Morgan fingerprint density at radius 2 is 1.76 bits per heavy atom. The number of carbonyl (C=O) groups is 1. The molecule has 8 heteroatoms. The number of carbonyl (C=O) groups excluding carboxylic acids is 1. The second kappa shape index (κ2) is 6.34. The van der Waals surface area contributed by atoms with Crippen molar-refractivity contribution >= 4 is 11.9 Å². The van der Waals surface area contributed by atoms with Crippen LogP contribution in [0.5, 0.6) is 0 Å². The van der Waals surface area contributed by atoms with Gasteiger partial charge in [0, 0.05) is 25.5 Å². The minimum Gasteiger partial charge on any atom is -0.369 e. The molecule has 0 saturated carbocycles. The molecular weight excluding hydrogens is 333 g/mol. The minimum absolute atomic E-state index is 0.307. The van der Waals surface area contributed by atoms with Gasteiger partial charge in [-0.3, -0.25) is 4.79 Å². The summed E-state index contributed by atoms with van der Waals surface area (Å²) in [5.41, 5.74) is 4.02. The number of benzene rings is 1. The molecule has 0 spiro atoms. The van der Waals surface area contributed by atoms with Gasteiger partial charge in [0.1, 0.15) is 0 Å². The second-order valence-electron chi connectivity index (χ2n) is 6.06. The van der Waals surface area contributed by atoms with Crippen LogP contribution in [0.4, 0.5) is 19.1 Å². The van der Waals surface area contributed by atoms with Crippen LogP contribution < -0.4 is 10.6 Å². The molecule has 1 aliphatic rings. The molecule has 1 saturated heterocycles. The first-order valence-corrected chi connectivity index (χ1v) is 7.82. The van der Waals surface area contributed by atoms with Crippen LogP contribution >= 0.6 is 0 Å². The molecule has 1 amide bonds. The molecule has 3 rings (SSSR count). The van der Waals surface area contributed by atoms with Gasteiger partial charge in [0.2, 0.25) is 11.9 Å². The van der Waals surface area contributed by atoms with Crippen LogP contribution in [0.3, 0.4) is 0 Å². The number of aromatic nitrogens is 2. The lowest BCUT2D eigenvalue weighted by Gasteiger charge is -2.40. The third-order valence-corrected chi connectivity index (χ3v) is 4.67. The number of anilines is 1. The van der Waals surface area contributed by atoms with E-state index in [9.17, 15) is 18.0 Å². The predicted molar refractivity (Wildman–Crippen MR) is 85.8 cm³/mol. The van der Waals surface area contributed by atoms with E-state index in [1.54, 1.807) is 18.5 Å². The van der Waals surface area contributed by atoms with Crippen molar-refractivity contribution in [1.82, 2.24) is 9.97 Å². The van der Waals surface area contributed by atoms with Crippen molar-refractivity contribution in [2.24, 2.45) is 5.73 Å². The van der Waals surface area contributed by atoms with E-state index in [1.165, 1.54) is 12.1 Å². The summed E-state index contributed by atoms with van der Waals surface area (Å²) < 4.78 is 39.0. The van der Waals surface area contributed by atoms with Crippen molar-refractivity contribution in [3.63, 3.8) is 0 Å². The van der Waals surface area contributed by atoms with E-state index in [-0.39, 0.29) is 0 Å². The number of piperidine rings is 1. The second-order valence-corrected chi connectivity index (χ2v) is 6.06. The van der Waals surface area contributed by atoms with Gasteiger partial charge < -0.3 is 10.6 Å². The summed E-state index contributed by atoms with van der Waals surface area (Å²) in [6.07, 6.45) is -0.618. The molecule has 0 atom stereocenters. The topological polar surface area (TPSA) is 72.1 Å². The normalized spacial score (nSPS) is 17.3. The summed E-state index contributed by atoms with van der Waals surface area (Å²) in [5, 5.41) is 0. The van der Waals surface area contributed by atoms with Crippen LogP contribution in [0, 0.1) is 0 Å². The van der Waals surface area contributed by atoms with Gasteiger partial charge in [0.15, 0.2) is 0 Å². The van der Waals surface area contributed by atoms with Gasteiger partial charge in [0.25, 0.3) is 0 Å². The van der Waals surface area contributed by atoms with Gasteiger partial charge >= 0.3 is 6.18 Å². The fourth-order valence-electron chi connectivity index (χ4n) is 3.21. The van der Waals surface area contributed by atoms with Gasteiger partial charge in [-0.2, -0.15) is 13.2 Å². The molecule has 2 heterocycles. The molecule has 0 aliphatic carbocycles. The van der Waals surface area contributed by atoms with Crippen LogP contribution in [0.15, 0.2) is 42.7 Å². The maximum absolute atomic E-state index is 13.0. The molecule has 0 unspecified atom stereocenters. The van der Waals surface area contributed by atoms with E-state index in [0.717, 1.165) is 12.1 Å². The summed E-state index contributed by atoms with van der Waals surface area (Å²) in [4.78, 5) is 22.4. The van der Waals surface area contributed by atoms with Crippen molar-refractivity contribution in [1.29, 1.82) is 0 Å². The van der Waals surface area contributed by atoms with Crippen LogP contribution in [0.2, 0.25) is 0 Å². The molecule has 5 nitrogen and oxygen atoms in total. The highest BCUT2D eigenvalue weighted by atomic mass is 19.4. The number of alkyl halides is 3. The zero-order valence-electron chi connectivity index (χ0n) is 13.3. The van der Waals surface area contributed by atoms with Crippen LogP contribution in [0.1, 0.15) is 24.0 Å². The number of halogens is 3. The SMILES string of the molecule is NC(=O)C1(c2cccc(C(F)(F)F)c2)CCN(c2ncccn2)CC1. The third-order valence-electron chi connectivity index (χ3n) is 4.67. The molecule has 0 bridgehead atoms. The first-order valence-electron chi connectivity index (χ1n) is 7.82. The molecule has 1 aromatic heterocycles. The number of hydrogen-bond acceptors (Lipinski definition) is 4. The molecule has 1 aliphatic heterocycles. The van der Waals surface area contributed by atoms with Crippen molar-refractivity contribution in [2.75, 3.05) is 18.0 Å². The van der Waals surface area contributed by atoms with Crippen molar-refractivity contribution in [3.8, 4) is 0 Å². The van der Waals surface area contributed by atoms with E-state index in [4.69, 9.17) is 5.73 Å². The largest absolute Gasteiger partial charge is 0.416 e. The lowest BCUT2D eigenvalue weighted by atomic mass is 9.72. The number of rotatable bonds is 3. The highest BCUT2D eigenvalue weighted by Crippen LogP contribution is 2.39. The Balaban J connectivity index is 1.89. The standard InChI is InChI=1S/C17H17F3N4O/c18-17(19,20)13-4-1-3-12(11-13)16(14(21)25)5-9-24(10-6-16)15-22-7-2-8-23-15/h1-4,7-8,11H,5-6,9-10H2,(H2,21,25). The van der Waals surface area contributed by atoms with Crippen LogP contribution in [-0.2, 0) is 16.4 Å². The van der Waals surface area contributed by atoms with E-state index in [2.05, 4.69) is 9.97 Å². The minimum atomic E-state index is -4.46. The van der Waals surface area contributed by atoms with Gasteiger partial charge in [-0.25, -0.2) is 9.97 Å². The van der Waals surface area contributed by atoms with E-state index >= 15 is 0 Å². The van der Waals surface area contributed by atoms with Gasteiger partial charge in [-0.05, 0) is 30.5 Å². The quantitative estimate of drug-likeness (QED) is 0.923. The highest BCUT2D eigenvalue weighted by molar-refractivity contribution is 5.87. The number of hydrogen-bond donors (Lipinski definition) is 1. The van der Waals surface area contributed by atoms with E-state index < -0.39 is 23.1 Å². The maximum atomic E-state index is 13.0. The van der Waals surface area contributed by atoms with Gasteiger partial charge in [-0.1, -0.05) is 18.2 Å². The van der Waals surface area contributed by atoms with Crippen molar-refractivity contribution in [2.45, 2.75) is 24.4 Å². The molecule has 1 fully saturated rings. The smallest absolute Gasteiger partial charge is 0.369 e. The molecule has 2 N–H and O–H groups in total. The fourth-order valence-corrected chi connectivity index (χ4v) is 3.21. The van der Waals surface area contributed by atoms with E-state index in [0.29, 0.717) is 37.4 Å². The van der Waals surface area contributed by atoms with Crippen LogP contribution in [0.25, 0.3) is 0 Å². The number of primary amides is 1. The molecule has 2 aromatic rings. The Labute approximate surface area is 142 Å². The summed E-state index contributed by atoms with van der Waals surface area (Å²) in [6.45, 7) is 0.867. The Hall–Kier alpha value is -2.64. The lowest BCUT2D eigenvalue weighted by molar-refractivity contribution is -0.138. The number of nitrogens with two attached hydrogens (primary N) is 1. The summed E-state index contributed by atoms with van der Waals surface area (Å²) in [5.74, 6) is -0.0786. The van der Waals surface area contributed by atoms with Gasteiger partial charge in [-0.15, -0.1) is 0 Å². The molecule has 132 valence electrons. The lowest BCUT2D eigenvalue weighted by Crippen LogP contribution is -2.50. The molecule has 1 aromatic carbocycles. The zero-order valence-corrected chi connectivity index (χ0v) is 13.3. The monoisotopic (exact) mass is 350 g/mol. The first-order chi connectivity index (χ1) is 11.8. The maximum Gasteiger partial charge on any atom is 0.416 e. The Bertz CT molecular complexity index is 756. The fraction of sp³-hybridized carbons (Fsp3) is 0.353. The Kier molecular flexibility index (Phi) is 4.36. The summed E-state index contributed by atoms with van der Waals surface area (Å²) in [6, 6.07) is 6.57. The van der Waals surface area contributed by atoms with E-state index in [1.807, 2.05) is 4.90 Å². The number of nitrogens with zero attached hydrogens (tertiary/aromatic N) is 3. The van der Waals surface area contributed by atoms with Crippen molar-refractivity contribution < 1.29 is 18.0 Å². The average molecular weight is 350 g/mol. The molecular formula is C17H17F3N4O. The highest BCUT2D eigenvalue weighted by Gasteiger charge is 2.43. The molecule has 0 radical (unpaired) electrons. The molecule has 25 heavy (non-hydrogen) atoms. The Morgan fingerprint density at radius 1 is 1.12 bits per heavy atom. The van der Waals surface area contributed by atoms with Gasteiger partial charge in [0.05, 0.1) is 11.0 Å². The predicted octanol–water partition coefficient (Wildman–Crippen LogP) is 2.52. The average Bonchev–Trinajstić information content (AvgIpc) is 2.62. The third kappa shape index (κ3) is 3.29. The van der Waals surface area contributed by atoms with Crippen LogP contribution in [-0.4, -0.2) is 29.0 Å². The Morgan fingerprint density at radius 3 is 2.32 bits per heavy atom. The van der Waals surface area contributed by atoms with Crippen molar-refractivity contribution in [3.05, 3.63) is 53.9 Å². The summed E-state index contributed by atoms with van der Waals surface area (Å²) >= 11 is 0. The first kappa shape index (κ1) is 17.2. The number of amides is 1. The summed E-state index contributed by atoms with van der Waals surface area (Å²) in [7, 11) is 0.